The Hall–Kier alpha value is -0.120. The van der Waals surface area contributed by atoms with Crippen LogP contribution < -0.4 is 16.2 Å². The first-order valence-electron chi connectivity index (χ1n) is 3.68. The SMILES string of the molecule is C1NN[C@H]2[C@@H]1[C@H]1NC[C@@H]12. The summed E-state index contributed by atoms with van der Waals surface area (Å²) < 4.78 is 0. The lowest BCUT2D eigenvalue weighted by Crippen LogP contribution is -2.74. The molecule has 0 aromatic carbocycles. The van der Waals surface area contributed by atoms with Gasteiger partial charge in [-0.15, -0.1) is 0 Å². The normalized spacial score (nSPS) is 61.3. The van der Waals surface area contributed by atoms with Crippen molar-refractivity contribution < 1.29 is 0 Å². The molecule has 0 amide bonds. The highest BCUT2D eigenvalue weighted by Crippen LogP contribution is 2.41. The highest BCUT2D eigenvalue weighted by Gasteiger charge is 2.57. The Balaban J connectivity index is 1.85. The van der Waals surface area contributed by atoms with Gasteiger partial charge in [0.05, 0.1) is 0 Å². The van der Waals surface area contributed by atoms with E-state index in [2.05, 4.69) is 16.2 Å². The number of piperidine rings is 1. The van der Waals surface area contributed by atoms with Crippen molar-refractivity contribution in [2.45, 2.75) is 12.1 Å². The minimum atomic E-state index is 0.802. The zero-order valence-corrected chi connectivity index (χ0v) is 5.22. The second-order valence-electron chi connectivity index (χ2n) is 3.31. The third kappa shape index (κ3) is 0.377. The van der Waals surface area contributed by atoms with E-state index >= 15 is 0 Å². The van der Waals surface area contributed by atoms with Gasteiger partial charge in [-0.2, -0.15) is 0 Å². The number of fused-ring (bicyclic) bond motifs is 4. The molecular weight excluding hydrogens is 114 g/mol. The van der Waals surface area contributed by atoms with E-state index < -0.39 is 0 Å². The molecule has 0 spiro atoms. The van der Waals surface area contributed by atoms with Gasteiger partial charge in [-0.3, -0.25) is 10.9 Å². The average molecular weight is 125 g/mol. The summed E-state index contributed by atoms with van der Waals surface area (Å²) in [5.74, 6) is 1.84. The first-order valence-corrected chi connectivity index (χ1v) is 3.68. The molecule has 0 aromatic rings. The van der Waals surface area contributed by atoms with Gasteiger partial charge in [0.1, 0.15) is 0 Å². The van der Waals surface area contributed by atoms with Gasteiger partial charge in [0.15, 0.2) is 0 Å². The fraction of sp³-hybridized carbons (Fsp3) is 1.00. The van der Waals surface area contributed by atoms with Crippen LogP contribution in [-0.4, -0.2) is 25.2 Å². The molecule has 3 N–H and O–H groups in total. The quantitative estimate of drug-likeness (QED) is 0.376. The first-order chi connectivity index (χ1) is 4.47. The van der Waals surface area contributed by atoms with Gasteiger partial charge < -0.3 is 5.32 Å². The van der Waals surface area contributed by atoms with E-state index in [4.69, 9.17) is 0 Å². The zero-order valence-electron chi connectivity index (χ0n) is 5.22. The summed E-state index contributed by atoms with van der Waals surface area (Å²) in [4.78, 5) is 0. The lowest BCUT2D eigenvalue weighted by molar-refractivity contribution is 0.0129. The minimum absolute atomic E-state index is 0.802. The van der Waals surface area contributed by atoms with Crippen LogP contribution in [0.3, 0.4) is 0 Å². The number of rotatable bonds is 0. The van der Waals surface area contributed by atoms with Crippen molar-refractivity contribution in [2.75, 3.05) is 13.1 Å². The van der Waals surface area contributed by atoms with Crippen LogP contribution in [-0.2, 0) is 0 Å². The standard InChI is InChI=1S/C6H11N3/c1-3-5(7-1)4-2-8-9-6(3)4/h3-9H,1-2H2/t3-,4-,5-,6+/m0/s1. The Morgan fingerprint density at radius 3 is 2.56 bits per heavy atom. The molecule has 1 aliphatic carbocycles. The molecule has 2 heterocycles. The lowest BCUT2D eigenvalue weighted by atomic mass is 9.61. The van der Waals surface area contributed by atoms with E-state index in [1.54, 1.807) is 0 Å². The van der Waals surface area contributed by atoms with Crippen LogP contribution in [0.15, 0.2) is 0 Å². The van der Waals surface area contributed by atoms with Crippen molar-refractivity contribution in [3.63, 3.8) is 0 Å². The van der Waals surface area contributed by atoms with Crippen LogP contribution in [0.25, 0.3) is 0 Å². The van der Waals surface area contributed by atoms with Gasteiger partial charge in [0.2, 0.25) is 0 Å². The maximum atomic E-state index is 3.44. The Morgan fingerprint density at radius 2 is 1.89 bits per heavy atom. The van der Waals surface area contributed by atoms with E-state index in [0.717, 1.165) is 23.9 Å². The van der Waals surface area contributed by atoms with Gasteiger partial charge in [-0.25, -0.2) is 0 Å². The second-order valence-corrected chi connectivity index (χ2v) is 3.31. The summed E-state index contributed by atoms with van der Waals surface area (Å²) >= 11 is 0. The van der Waals surface area contributed by atoms with Crippen molar-refractivity contribution in [3.05, 3.63) is 0 Å². The van der Waals surface area contributed by atoms with Crippen LogP contribution in [0, 0.1) is 11.8 Å². The number of hydrazine groups is 1. The summed E-state index contributed by atoms with van der Waals surface area (Å²) in [5.41, 5.74) is 6.49. The lowest BCUT2D eigenvalue weighted by Gasteiger charge is -2.56. The fourth-order valence-corrected chi connectivity index (χ4v) is 2.37. The summed E-state index contributed by atoms with van der Waals surface area (Å²) in [6.07, 6.45) is 0. The fourth-order valence-electron chi connectivity index (χ4n) is 2.37. The highest BCUT2D eigenvalue weighted by molar-refractivity contribution is 5.15. The van der Waals surface area contributed by atoms with Gasteiger partial charge in [0, 0.05) is 37.0 Å². The number of hydrogen-bond donors (Lipinski definition) is 3. The molecule has 9 heavy (non-hydrogen) atoms. The zero-order chi connectivity index (χ0) is 5.84. The first kappa shape index (κ1) is 4.66. The molecule has 0 unspecified atom stereocenters. The van der Waals surface area contributed by atoms with Gasteiger partial charge in [-0.1, -0.05) is 0 Å². The van der Waals surface area contributed by atoms with Crippen LogP contribution in [0.1, 0.15) is 0 Å². The van der Waals surface area contributed by atoms with E-state index in [1.165, 1.54) is 13.1 Å². The van der Waals surface area contributed by atoms with Crippen LogP contribution in [0.4, 0.5) is 0 Å². The molecule has 3 aliphatic rings. The highest BCUT2D eigenvalue weighted by atomic mass is 15.4. The molecule has 1 saturated carbocycles. The third-order valence-corrected chi connectivity index (χ3v) is 3.04. The molecule has 50 valence electrons. The molecule has 2 aliphatic heterocycles. The maximum absolute atomic E-state index is 3.44. The van der Waals surface area contributed by atoms with Gasteiger partial charge in [-0.05, 0) is 0 Å². The smallest absolute Gasteiger partial charge is 0.0324 e. The molecular formula is C6H11N3. The Labute approximate surface area is 54.2 Å². The van der Waals surface area contributed by atoms with Crippen molar-refractivity contribution >= 4 is 0 Å². The Morgan fingerprint density at radius 1 is 1.00 bits per heavy atom. The van der Waals surface area contributed by atoms with E-state index in [0.29, 0.717) is 0 Å². The monoisotopic (exact) mass is 125 g/mol. The average Bonchev–Trinajstić information content (AvgIpc) is 2.13. The Bertz CT molecular complexity index is 131. The van der Waals surface area contributed by atoms with Crippen molar-refractivity contribution in [1.82, 2.24) is 16.2 Å². The maximum Gasteiger partial charge on any atom is 0.0324 e. The molecule has 3 fully saturated rings. The largest absolute Gasteiger partial charge is 0.313 e. The predicted octanol–water partition coefficient (Wildman–Crippen LogP) is -1.32. The number of nitrogens with one attached hydrogen (secondary N) is 3. The molecule has 0 bridgehead atoms. The van der Waals surface area contributed by atoms with Crippen molar-refractivity contribution in [3.8, 4) is 0 Å². The van der Waals surface area contributed by atoms with E-state index in [-0.39, 0.29) is 0 Å². The topological polar surface area (TPSA) is 36.1 Å². The summed E-state index contributed by atoms with van der Waals surface area (Å²) in [5, 5.41) is 3.44. The van der Waals surface area contributed by atoms with Crippen LogP contribution >= 0.6 is 0 Å². The Kier molecular flexibility index (Phi) is 0.678. The molecule has 3 nitrogen and oxygen atoms in total. The van der Waals surface area contributed by atoms with Gasteiger partial charge >= 0.3 is 0 Å². The van der Waals surface area contributed by atoms with Crippen LogP contribution in [0.2, 0.25) is 0 Å². The molecule has 3 heteroatoms. The molecule has 4 atom stereocenters. The molecule has 0 radical (unpaired) electrons. The van der Waals surface area contributed by atoms with Crippen molar-refractivity contribution in [2.24, 2.45) is 11.8 Å². The second kappa shape index (κ2) is 1.31. The number of hydrogen-bond acceptors (Lipinski definition) is 3. The minimum Gasteiger partial charge on any atom is -0.313 e. The van der Waals surface area contributed by atoms with E-state index in [9.17, 15) is 0 Å². The predicted molar refractivity (Wildman–Crippen MR) is 33.7 cm³/mol. The summed E-state index contributed by atoms with van der Waals surface area (Å²) in [6, 6.07) is 1.66. The van der Waals surface area contributed by atoms with Gasteiger partial charge in [0.25, 0.3) is 0 Å². The van der Waals surface area contributed by atoms with Crippen molar-refractivity contribution in [1.29, 1.82) is 0 Å². The molecule has 3 rings (SSSR count). The third-order valence-electron chi connectivity index (χ3n) is 3.04. The van der Waals surface area contributed by atoms with Crippen LogP contribution in [0.5, 0.6) is 0 Å². The summed E-state index contributed by atoms with van der Waals surface area (Å²) in [6.45, 7) is 2.40. The van der Waals surface area contributed by atoms with E-state index in [1.807, 2.05) is 0 Å². The molecule has 2 saturated heterocycles. The summed E-state index contributed by atoms with van der Waals surface area (Å²) in [7, 11) is 0. The molecule has 0 aromatic heterocycles.